The largest absolute Gasteiger partial charge is 0.506 e. The third kappa shape index (κ3) is 3.87. The van der Waals surface area contributed by atoms with Crippen LogP contribution in [0.15, 0.2) is 81.7 Å². The smallest absolute Gasteiger partial charge is 0.262 e. The maximum Gasteiger partial charge on any atom is 0.262 e. The van der Waals surface area contributed by atoms with Gasteiger partial charge in [0.05, 0.1) is 10.6 Å². The van der Waals surface area contributed by atoms with Crippen molar-refractivity contribution in [3.8, 4) is 39.7 Å². The van der Waals surface area contributed by atoms with Crippen LogP contribution >= 0.6 is 11.6 Å². The molecule has 6 aromatic rings. The second kappa shape index (κ2) is 8.49. The Morgan fingerprint density at radius 3 is 2.35 bits per heavy atom. The molecule has 6 heteroatoms. The topological polar surface area (TPSA) is 72.3 Å². The molecule has 0 aliphatic carbocycles. The number of nitrogens with zero attached hydrogens (tertiary/aromatic N) is 2. The van der Waals surface area contributed by atoms with Gasteiger partial charge in [-0.25, -0.2) is 0 Å². The highest BCUT2D eigenvalue weighted by atomic mass is 35.5. The normalized spacial score (nSPS) is 12.0. The zero-order valence-corrected chi connectivity index (χ0v) is 21.7. The van der Waals surface area contributed by atoms with Crippen LogP contribution in [0.2, 0.25) is 5.02 Å². The van der Waals surface area contributed by atoms with Crippen molar-refractivity contribution in [3.05, 3.63) is 88.9 Å². The number of halogens is 1. The molecule has 2 aromatic heterocycles. The second-order valence-corrected chi connectivity index (χ2v) is 10.7. The van der Waals surface area contributed by atoms with Gasteiger partial charge in [-0.3, -0.25) is 0 Å². The molecular formula is C31H25ClN2O3. The SMILES string of the molecule is Cc1cccc(Cl)c1-c1noc(-c2cc(C(C)(C)C)cc(-c3cccc4c3oc3ccccc34)c2O)n1. The number of rotatable bonds is 3. The van der Waals surface area contributed by atoms with Gasteiger partial charge in [0.1, 0.15) is 16.9 Å². The van der Waals surface area contributed by atoms with Gasteiger partial charge in [-0.2, -0.15) is 4.98 Å². The van der Waals surface area contributed by atoms with E-state index in [1.807, 2.05) is 73.7 Å². The summed E-state index contributed by atoms with van der Waals surface area (Å²) in [7, 11) is 0. The van der Waals surface area contributed by atoms with Gasteiger partial charge < -0.3 is 14.0 Å². The first-order valence-corrected chi connectivity index (χ1v) is 12.5. The van der Waals surface area contributed by atoms with Crippen LogP contribution in [-0.4, -0.2) is 15.2 Å². The standard InChI is InChI=1S/C31H25ClN2O3/c1-17-9-7-13-24(32)26(17)29-33-30(37-34-29)23-16-18(31(2,3)4)15-22(27(23)35)21-12-8-11-20-19-10-5-6-14-25(19)36-28(20)21/h5-16,35H,1-4H3. The average Bonchev–Trinajstić information content (AvgIpc) is 3.48. The molecule has 6 rings (SSSR count). The zero-order valence-electron chi connectivity index (χ0n) is 21.0. The number of para-hydroxylation sites is 2. The molecule has 0 aliphatic rings. The summed E-state index contributed by atoms with van der Waals surface area (Å²) in [6.07, 6.45) is 0. The van der Waals surface area contributed by atoms with E-state index in [-0.39, 0.29) is 17.1 Å². The molecule has 5 nitrogen and oxygen atoms in total. The highest BCUT2D eigenvalue weighted by Crippen LogP contribution is 2.45. The maximum absolute atomic E-state index is 11.6. The van der Waals surface area contributed by atoms with Crippen molar-refractivity contribution in [1.82, 2.24) is 10.1 Å². The van der Waals surface area contributed by atoms with Crippen LogP contribution in [-0.2, 0) is 5.41 Å². The first-order valence-electron chi connectivity index (χ1n) is 12.1. The predicted octanol–water partition coefficient (Wildman–Crippen LogP) is 8.93. The molecule has 0 aliphatic heterocycles. The summed E-state index contributed by atoms with van der Waals surface area (Å²) in [5.74, 6) is 0.641. The fourth-order valence-corrected chi connectivity index (χ4v) is 5.05. The number of aromatic nitrogens is 2. The number of benzene rings is 4. The molecule has 0 amide bonds. The summed E-state index contributed by atoms with van der Waals surface area (Å²) >= 11 is 6.45. The van der Waals surface area contributed by atoms with Crippen molar-refractivity contribution < 1.29 is 14.0 Å². The highest BCUT2D eigenvalue weighted by Gasteiger charge is 2.25. The van der Waals surface area contributed by atoms with E-state index in [0.29, 0.717) is 33.1 Å². The van der Waals surface area contributed by atoms with Crippen LogP contribution in [0.1, 0.15) is 31.9 Å². The summed E-state index contributed by atoms with van der Waals surface area (Å²) in [5.41, 5.74) is 5.85. The van der Waals surface area contributed by atoms with Crippen molar-refractivity contribution in [1.29, 1.82) is 0 Å². The first kappa shape index (κ1) is 23.3. The van der Waals surface area contributed by atoms with E-state index in [2.05, 4.69) is 30.9 Å². The summed E-state index contributed by atoms with van der Waals surface area (Å²) in [5, 5.41) is 18.4. The zero-order chi connectivity index (χ0) is 25.9. The molecule has 0 radical (unpaired) electrons. The van der Waals surface area contributed by atoms with E-state index >= 15 is 0 Å². The summed E-state index contributed by atoms with van der Waals surface area (Å²) < 4.78 is 12.0. The quantitative estimate of drug-likeness (QED) is 0.258. The third-order valence-corrected chi connectivity index (χ3v) is 7.09. The van der Waals surface area contributed by atoms with Gasteiger partial charge in [-0.15, -0.1) is 0 Å². The van der Waals surface area contributed by atoms with Gasteiger partial charge in [0, 0.05) is 27.5 Å². The van der Waals surface area contributed by atoms with Gasteiger partial charge >= 0.3 is 0 Å². The van der Waals surface area contributed by atoms with E-state index in [4.69, 9.17) is 20.5 Å². The highest BCUT2D eigenvalue weighted by molar-refractivity contribution is 6.33. The minimum absolute atomic E-state index is 0.0482. The van der Waals surface area contributed by atoms with Crippen LogP contribution in [0.4, 0.5) is 0 Å². The molecule has 0 saturated carbocycles. The van der Waals surface area contributed by atoms with Crippen LogP contribution in [0.25, 0.3) is 55.9 Å². The second-order valence-electron chi connectivity index (χ2n) is 10.3. The van der Waals surface area contributed by atoms with E-state index in [0.717, 1.165) is 33.0 Å². The number of fused-ring (bicyclic) bond motifs is 3. The Balaban J connectivity index is 1.59. The lowest BCUT2D eigenvalue weighted by Gasteiger charge is -2.22. The minimum Gasteiger partial charge on any atom is -0.506 e. The molecule has 37 heavy (non-hydrogen) atoms. The molecule has 1 N–H and O–H groups in total. The van der Waals surface area contributed by atoms with Crippen molar-refractivity contribution in [2.45, 2.75) is 33.1 Å². The van der Waals surface area contributed by atoms with E-state index in [1.165, 1.54) is 0 Å². The Labute approximate surface area is 219 Å². The molecule has 0 spiro atoms. The number of furan rings is 1. The van der Waals surface area contributed by atoms with Gasteiger partial charge in [0.15, 0.2) is 0 Å². The number of phenolic OH excluding ortho intramolecular Hbond substituents is 1. The maximum atomic E-state index is 11.6. The molecule has 2 heterocycles. The van der Waals surface area contributed by atoms with Gasteiger partial charge in [0.2, 0.25) is 5.82 Å². The van der Waals surface area contributed by atoms with Gasteiger partial charge in [0.25, 0.3) is 5.89 Å². The minimum atomic E-state index is -0.207. The van der Waals surface area contributed by atoms with Crippen LogP contribution in [0.3, 0.4) is 0 Å². The fraction of sp³-hybridized carbons (Fsp3) is 0.161. The Morgan fingerprint density at radius 2 is 1.57 bits per heavy atom. The Morgan fingerprint density at radius 1 is 0.838 bits per heavy atom. The fourth-order valence-electron chi connectivity index (χ4n) is 4.74. The molecule has 4 aromatic carbocycles. The Hall–Kier alpha value is -4.09. The Kier molecular flexibility index (Phi) is 5.35. The summed E-state index contributed by atoms with van der Waals surface area (Å²) in [6, 6.07) is 23.5. The summed E-state index contributed by atoms with van der Waals surface area (Å²) in [6.45, 7) is 8.32. The van der Waals surface area contributed by atoms with Gasteiger partial charge in [-0.1, -0.05) is 86.1 Å². The Bertz CT molecular complexity index is 1790. The molecule has 0 unspecified atom stereocenters. The monoisotopic (exact) mass is 508 g/mol. The molecule has 184 valence electrons. The molecule has 0 bridgehead atoms. The van der Waals surface area contributed by atoms with Crippen LogP contribution in [0.5, 0.6) is 5.75 Å². The van der Waals surface area contributed by atoms with Crippen LogP contribution < -0.4 is 0 Å². The lowest BCUT2D eigenvalue weighted by molar-refractivity contribution is 0.425. The van der Waals surface area contributed by atoms with Crippen molar-refractivity contribution in [2.24, 2.45) is 0 Å². The lowest BCUT2D eigenvalue weighted by Crippen LogP contribution is -2.11. The molecular weight excluding hydrogens is 484 g/mol. The van der Waals surface area contributed by atoms with Crippen molar-refractivity contribution in [3.63, 3.8) is 0 Å². The predicted molar refractivity (Wildman–Crippen MR) is 148 cm³/mol. The van der Waals surface area contributed by atoms with Crippen molar-refractivity contribution in [2.75, 3.05) is 0 Å². The van der Waals surface area contributed by atoms with E-state index < -0.39 is 0 Å². The number of hydrogen-bond acceptors (Lipinski definition) is 5. The number of aromatic hydroxyl groups is 1. The average molecular weight is 509 g/mol. The summed E-state index contributed by atoms with van der Waals surface area (Å²) in [4.78, 5) is 4.64. The lowest BCUT2D eigenvalue weighted by atomic mass is 9.83. The number of phenols is 1. The van der Waals surface area contributed by atoms with Crippen LogP contribution in [0, 0.1) is 6.92 Å². The van der Waals surface area contributed by atoms with E-state index in [1.54, 1.807) is 6.07 Å². The molecule has 0 fully saturated rings. The first-order chi connectivity index (χ1) is 17.7. The number of aryl methyl sites for hydroxylation is 1. The van der Waals surface area contributed by atoms with Gasteiger partial charge in [-0.05, 0) is 47.7 Å². The van der Waals surface area contributed by atoms with Crippen molar-refractivity contribution >= 4 is 33.5 Å². The molecule has 0 atom stereocenters. The molecule has 0 saturated heterocycles. The third-order valence-electron chi connectivity index (χ3n) is 6.77. The number of hydrogen-bond donors (Lipinski definition) is 1. The van der Waals surface area contributed by atoms with E-state index in [9.17, 15) is 5.11 Å².